The topological polar surface area (TPSA) is 17.0 Å². The summed E-state index contributed by atoms with van der Waals surface area (Å²) in [6.45, 7) is 4.39. The number of rotatable bonds is 2. The van der Waals surface area contributed by atoms with Gasteiger partial charge in [-0.25, -0.2) is 0 Å². The lowest BCUT2D eigenvalue weighted by Gasteiger charge is -2.25. The maximum atomic E-state index is 3.34. The van der Waals surface area contributed by atoms with E-state index in [1.54, 1.807) is 0 Å². The molecule has 2 nitrogen and oxygen atoms in total. The molecule has 0 unspecified atom stereocenters. The number of hydrogen-bond donors (Lipinski definition) is 1. The van der Waals surface area contributed by atoms with Crippen molar-refractivity contribution in [1.29, 1.82) is 0 Å². The van der Waals surface area contributed by atoms with Crippen molar-refractivity contribution in [2.45, 2.75) is 19.4 Å². The van der Waals surface area contributed by atoms with Crippen molar-refractivity contribution < 1.29 is 0 Å². The molecule has 0 bridgehead atoms. The van der Waals surface area contributed by atoms with E-state index in [4.69, 9.17) is 0 Å². The first-order valence-electron chi connectivity index (χ1n) is 5.30. The number of fused-ring (bicyclic) bond motifs is 1. The standard InChI is InChI=1S/C13H18N2/c1-13(2,14-3)12-9-10-7-5-6-8-11(10)15(12)4/h5-9,14H,1-4H3. The summed E-state index contributed by atoms with van der Waals surface area (Å²) < 4.78 is 2.26. The molecule has 0 amide bonds. The molecule has 2 heteroatoms. The van der Waals surface area contributed by atoms with Gasteiger partial charge in [0.1, 0.15) is 0 Å². The van der Waals surface area contributed by atoms with Crippen LogP contribution in [0.25, 0.3) is 10.9 Å². The van der Waals surface area contributed by atoms with E-state index in [1.807, 2.05) is 7.05 Å². The number of hydrogen-bond acceptors (Lipinski definition) is 1. The zero-order valence-corrected chi connectivity index (χ0v) is 9.83. The zero-order valence-electron chi connectivity index (χ0n) is 9.83. The lowest BCUT2D eigenvalue weighted by molar-refractivity contribution is 0.420. The summed E-state index contributed by atoms with van der Waals surface area (Å²) in [4.78, 5) is 0. The predicted molar refractivity (Wildman–Crippen MR) is 65.0 cm³/mol. The minimum absolute atomic E-state index is 0.00771. The molecule has 2 aromatic rings. The second-order valence-electron chi connectivity index (χ2n) is 4.52. The molecule has 0 aliphatic heterocycles. The van der Waals surface area contributed by atoms with E-state index >= 15 is 0 Å². The smallest absolute Gasteiger partial charge is 0.0529 e. The average molecular weight is 202 g/mol. The number of benzene rings is 1. The number of nitrogens with zero attached hydrogens (tertiary/aromatic N) is 1. The minimum atomic E-state index is 0.00771. The van der Waals surface area contributed by atoms with E-state index in [2.05, 4.69) is 61.1 Å². The van der Waals surface area contributed by atoms with Gasteiger partial charge >= 0.3 is 0 Å². The van der Waals surface area contributed by atoms with Crippen molar-refractivity contribution in [3.63, 3.8) is 0 Å². The highest BCUT2D eigenvalue weighted by Crippen LogP contribution is 2.26. The summed E-state index contributed by atoms with van der Waals surface area (Å²) in [5, 5.41) is 4.64. The number of para-hydroxylation sites is 1. The van der Waals surface area contributed by atoms with Gasteiger partial charge < -0.3 is 9.88 Å². The maximum absolute atomic E-state index is 3.34. The third-order valence-corrected chi connectivity index (χ3v) is 3.22. The Labute approximate surface area is 90.9 Å². The van der Waals surface area contributed by atoms with Crippen LogP contribution in [0.5, 0.6) is 0 Å². The molecule has 0 saturated carbocycles. The lowest BCUT2D eigenvalue weighted by Crippen LogP contribution is -2.34. The van der Waals surface area contributed by atoms with Gasteiger partial charge in [0, 0.05) is 18.3 Å². The minimum Gasteiger partial charge on any atom is -0.346 e. The molecule has 15 heavy (non-hydrogen) atoms. The first-order valence-corrected chi connectivity index (χ1v) is 5.30. The first kappa shape index (κ1) is 10.2. The van der Waals surface area contributed by atoms with Crippen molar-refractivity contribution >= 4 is 10.9 Å². The van der Waals surface area contributed by atoms with E-state index < -0.39 is 0 Å². The molecule has 0 aliphatic rings. The van der Waals surface area contributed by atoms with E-state index in [-0.39, 0.29) is 5.54 Å². The highest BCUT2D eigenvalue weighted by molar-refractivity contribution is 5.81. The van der Waals surface area contributed by atoms with Gasteiger partial charge in [-0.1, -0.05) is 18.2 Å². The highest BCUT2D eigenvalue weighted by Gasteiger charge is 2.22. The third-order valence-electron chi connectivity index (χ3n) is 3.22. The fraction of sp³-hybridized carbons (Fsp3) is 0.385. The van der Waals surface area contributed by atoms with E-state index in [0.29, 0.717) is 0 Å². The summed E-state index contributed by atoms with van der Waals surface area (Å²) in [7, 11) is 4.12. The Morgan fingerprint density at radius 1 is 1.20 bits per heavy atom. The van der Waals surface area contributed by atoms with Crippen LogP contribution < -0.4 is 5.32 Å². The zero-order chi connectivity index (χ0) is 11.1. The van der Waals surface area contributed by atoms with Gasteiger partial charge in [-0.05, 0) is 38.4 Å². The van der Waals surface area contributed by atoms with Gasteiger partial charge in [0.25, 0.3) is 0 Å². The van der Waals surface area contributed by atoms with Gasteiger partial charge in [0.15, 0.2) is 0 Å². The highest BCUT2D eigenvalue weighted by atomic mass is 15.0. The van der Waals surface area contributed by atoms with Crippen LogP contribution in [0.4, 0.5) is 0 Å². The molecule has 0 fully saturated rings. The van der Waals surface area contributed by atoms with Crippen LogP contribution in [0.1, 0.15) is 19.5 Å². The van der Waals surface area contributed by atoms with E-state index in [1.165, 1.54) is 16.6 Å². The normalized spacial score (nSPS) is 12.3. The Hall–Kier alpha value is -1.28. The van der Waals surface area contributed by atoms with Crippen LogP contribution in [0.3, 0.4) is 0 Å². The molecule has 0 atom stereocenters. The van der Waals surface area contributed by atoms with Gasteiger partial charge in [-0.3, -0.25) is 0 Å². The molecular weight excluding hydrogens is 184 g/mol. The second-order valence-corrected chi connectivity index (χ2v) is 4.52. The van der Waals surface area contributed by atoms with Crippen molar-refractivity contribution in [2.75, 3.05) is 7.05 Å². The van der Waals surface area contributed by atoms with Crippen LogP contribution >= 0.6 is 0 Å². The molecule has 0 aliphatic carbocycles. The molecule has 1 aromatic heterocycles. The lowest BCUT2D eigenvalue weighted by atomic mass is 10.0. The summed E-state index contributed by atoms with van der Waals surface area (Å²) >= 11 is 0. The van der Waals surface area contributed by atoms with Crippen LogP contribution in [0.15, 0.2) is 30.3 Å². The molecule has 1 N–H and O–H groups in total. The van der Waals surface area contributed by atoms with Crippen molar-refractivity contribution in [3.05, 3.63) is 36.0 Å². The van der Waals surface area contributed by atoms with Gasteiger partial charge in [0.2, 0.25) is 0 Å². The fourth-order valence-corrected chi connectivity index (χ4v) is 2.02. The van der Waals surface area contributed by atoms with Gasteiger partial charge in [-0.15, -0.1) is 0 Å². The molecule has 0 radical (unpaired) electrons. The quantitative estimate of drug-likeness (QED) is 0.792. The van der Waals surface area contributed by atoms with Gasteiger partial charge in [0.05, 0.1) is 5.54 Å². The summed E-state index contributed by atoms with van der Waals surface area (Å²) in [6, 6.07) is 10.7. The Balaban J connectivity index is 2.68. The van der Waals surface area contributed by atoms with E-state index in [0.717, 1.165) is 0 Å². The molecule has 1 heterocycles. The molecule has 0 spiro atoms. The second kappa shape index (κ2) is 3.38. The Kier molecular flexibility index (Phi) is 2.31. The number of aromatic nitrogens is 1. The van der Waals surface area contributed by atoms with Crippen molar-refractivity contribution in [2.24, 2.45) is 7.05 Å². The monoisotopic (exact) mass is 202 g/mol. The van der Waals surface area contributed by atoms with Crippen molar-refractivity contribution in [1.82, 2.24) is 9.88 Å². The van der Waals surface area contributed by atoms with E-state index in [9.17, 15) is 0 Å². The van der Waals surface area contributed by atoms with Crippen LogP contribution in [-0.2, 0) is 12.6 Å². The number of aryl methyl sites for hydroxylation is 1. The molecule has 2 rings (SSSR count). The fourth-order valence-electron chi connectivity index (χ4n) is 2.02. The Morgan fingerprint density at radius 2 is 1.87 bits per heavy atom. The predicted octanol–water partition coefficient (Wildman–Crippen LogP) is 2.63. The van der Waals surface area contributed by atoms with Gasteiger partial charge in [-0.2, -0.15) is 0 Å². The third kappa shape index (κ3) is 1.55. The molecule has 80 valence electrons. The molecular formula is C13H18N2. The summed E-state index contributed by atoms with van der Waals surface area (Å²) in [6.07, 6.45) is 0. The van der Waals surface area contributed by atoms with Crippen LogP contribution in [0, 0.1) is 0 Å². The largest absolute Gasteiger partial charge is 0.346 e. The average Bonchev–Trinajstić information content (AvgIpc) is 2.58. The first-order chi connectivity index (χ1) is 7.06. The van der Waals surface area contributed by atoms with Crippen molar-refractivity contribution in [3.8, 4) is 0 Å². The molecule has 0 saturated heterocycles. The summed E-state index contributed by atoms with van der Waals surface area (Å²) in [5.41, 5.74) is 2.61. The maximum Gasteiger partial charge on any atom is 0.0529 e. The van der Waals surface area contributed by atoms with Crippen LogP contribution in [-0.4, -0.2) is 11.6 Å². The number of nitrogens with one attached hydrogen (secondary N) is 1. The summed E-state index contributed by atoms with van der Waals surface area (Å²) in [5.74, 6) is 0. The Morgan fingerprint density at radius 3 is 2.47 bits per heavy atom. The van der Waals surface area contributed by atoms with Crippen LogP contribution in [0.2, 0.25) is 0 Å². The molecule has 1 aromatic carbocycles. The SMILES string of the molecule is CNC(C)(C)c1cc2ccccc2n1C. The Bertz CT molecular complexity index is 480.